The summed E-state index contributed by atoms with van der Waals surface area (Å²) in [6, 6.07) is 0.246. The Bertz CT molecular complexity index is 606. The van der Waals surface area contributed by atoms with Crippen molar-refractivity contribution in [1.29, 1.82) is 0 Å². The second-order valence-corrected chi connectivity index (χ2v) is 5.29. The summed E-state index contributed by atoms with van der Waals surface area (Å²) in [6.07, 6.45) is 2.47. The number of hydrogen-bond donors (Lipinski definition) is 1. The molecule has 3 rings (SSSR count). The van der Waals surface area contributed by atoms with Gasteiger partial charge in [-0.1, -0.05) is 16.7 Å². The van der Waals surface area contributed by atoms with Crippen molar-refractivity contribution in [2.24, 2.45) is 0 Å². The molecule has 0 spiro atoms. The maximum Gasteiger partial charge on any atom is 0.318 e. The lowest BCUT2D eigenvalue weighted by Gasteiger charge is -2.22. The van der Waals surface area contributed by atoms with Gasteiger partial charge in [-0.2, -0.15) is 0 Å². The minimum absolute atomic E-state index is 0.0980. The van der Waals surface area contributed by atoms with Gasteiger partial charge < -0.3 is 14.6 Å². The number of aryl methyl sites for hydroxylation is 1. The summed E-state index contributed by atoms with van der Waals surface area (Å²) in [4.78, 5) is 9.86. The number of anilines is 2. The summed E-state index contributed by atoms with van der Waals surface area (Å²) < 4.78 is 19.1. The number of rotatable bonds is 4. The first kappa shape index (κ1) is 14.0. The van der Waals surface area contributed by atoms with Crippen LogP contribution in [0, 0.1) is 6.92 Å². The number of alkyl halides is 1. The molecule has 2 aromatic heterocycles. The number of nitrogens with zero attached hydrogens (tertiary/aromatic N) is 5. The molecule has 3 heterocycles. The Morgan fingerprint density at radius 1 is 1.43 bits per heavy atom. The van der Waals surface area contributed by atoms with E-state index in [1.807, 2.05) is 0 Å². The van der Waals surface area contributed by atoms with Crippen molar-refractivity contribution in [3.63, 3.8) is 0 Å². The highest BCUT2D eigenvalue weighted by atomic mass is 35.5. The molecule has 1 saturated heterocycles. The average Bonchev–Trinajstić information content (AvgIpc) is 3.04. The van der Waals surface area contributed by atoms with E-state index in [9.17, 15) is 4.39 Å². The first-order chi connectivity index (χ1) is 10.1. The number of aromatic nitrogens is 4. The van der Waals surface area contributed by atoms with Crippen LogP contribution in [0.15, 0.2) is 16.8 Å². The van der Waals surface area contributed by atoms with Crippen LogP contribution in [0.4, 0.5) is 16.4 Å². The topological polar surface area (TPSA) is 80.0 Å². The summed E-state index contributed by atoms with van der Waals surface area (Å²) in [5, 5.41) is 11.3. The Balaban J connectivity index is 1.66. The Hall–Kier alpha value is -1.96. The maximum atomic E-state index is 13.7. The molecule has 0 saturated carbocycles. The standard InChI is InChI=1S/C12H14ClFN6O/c1-7-18-19-12(21-7)20-6-9(14)2-10(20)5-17-11-15-3-8(13)4-16-11/h3-4,9-10H,2,5-6H2,1H3,(H,15,16,17)/t9-,10-/m0/s1. The molecule has 7 nitrogen and oxygen atoms in total. The van der Waals surface area contributed by atoms with Crippen LogP contribution in [0.3, 0.4) is 0 Å². The Kier molecular flexibility index (Phi) is 3.87. The van der Waals surface area contributed by atoms with E-state index in [0.717, 1.165) is 0 Å². The van der Waals surface area contributed by atoms with Crippen molar-refractivity contribution in [2.75, 3.05) is 23.3 Å². The molecular weight excluding hydrogens is 299 g/mol. The van der Waals surface area contributed by atoms with Crippen molar-refractivity contribution in [3.05, 3.63) is 23.3 Å². The van der Waals surface area contributed by atoms with Gasteiger partial charge in [-0.15, -0.1) is 5.10 Å². The van der Waals surface area contributed by atoms with Gasteiger partial charge in [0.2, 0.25) is 11.8 Å². The fraction of sp³-hybridized carbons (Fsp3) is 0.500. The highest BCUT2D eigenvalue weighted by molar-refractivity contribution is 6.30. The first-order valence-corrected chi connectivity index (χ1v) is 6.92. The zero-order valence-corrected chi connectivity index (χ0v) is 12.1. The third-order valence-corrected chi connectivity index (χ3v) is 3.44. The van der Waals surface area contributed by atoms with Gasteiger partial charge in [0.05, 0.1) is 30.0 Å². The van der Waals surface area contributed by atoms with E-state index < -0.39 is 6.17 Å². The second-order valence-electron chi connectivity index (χ2n) is 4.85. The Labute approximate surface area is 125 Å². The van der Waals surface area contributed by atoms with Gasteiger partial charge in [0, 0.05) is 19.9 Å². The predicted octanol–water partition coefficient (Wildman–Crippen LogP) is 1.85. The van der Waals surface area contributed by atoms with Gasteiger partial charge >= 0.3 is 6.01 Å². The number of nitrogens with one attached hydrogen (secondary N) is 1. The van der Waals surface area contributed by atoms with Gasteiger partial charge in [0.25, 0.3) is 0 Å². The highest BCUT2D eigenvalue weighted by Crippen LogP contribution is 2.26. The second kappa shape index (κ2) is 5.80. The van der Waals surface area contributed by atoms with Crippen LogP contribution in [0.5, 0.6) is 0 Å². The molecule has 0 aliphatic carbocycles. The molecule has 1 aliphatic heterocycles. The molecule has 2 atom stereocenters. The lowest BCUT2D eigenvalue weighted by molar-refractivity contribution is 0.356. The molecule has 0 amide bonds. The van der Waals surface area contributed by atoms with E-state index in [2.05, 4.69) is 25.5 Å². The maximum absolute atomic E-state index is 13.7. The van der Waals surface area contributed by atoms with E-state index in [1.54, 1.807) is 11.8 Å². The van der Waals surface area contributed by atoms with Crippen LogP contribution in [0.1, 0.15) is 12.3 Å². The van der Waals surface area contributed by atoms with Gasteiger partial charge in [-0.25, -0.2) is 14.4 Å². The Morgan fingerprint density at radius 2 is 2.19 bits per heavy atom. The van der Waals surface area contributed by atoms with Crippen molar-refractivity contribution in [3.8, 4) is 0 Å². The van der Waals surface area contributed by atoms with Gasteiger partial charge in [-0.05, 0) is 0 Å². The molecule has 21 heavy (non-hydrogen) atoms. The fourth-order valence-corrected chi connectivity index (χ4v) is 2.40. The Morgan fingerprint density at radius 3 is 2.86 bits per heavy atom. The minimum atomic E-state index is -0.921. The molecule has 112 valence electrons. The lowest BCUT2D eigenvalue weighted by atomic mass is 10.2. The van der Waals surface area contributed by atoms with E-state index in [4.69, 9.17) is 16.0 Å². The van der Waals surface area contributed by atoms with Gasteiger partial charge in [0.1, 0.15) is 6.17 Å². The highest BCUT2D eigenvalue weighted by Gasteiger charge is 2.35. The largest absolute Gasteiger partial charge is 0.408 e. The van der Waals surface area contributed by atoms with Crippen LogP contribution in [0.25, 0.3) is 0 Å². The fourth-order valence-electron chi connectivity index (χ4n) is 2.30. The van der Waals surface area contributed by atoms with Gasteiger partial charge in [-0.3, -0.25) is 0 Å². The van der Waals surface area contributed by atoms with Crippen molar-refractivity contribution >= 4 is 23.6 Å². The molecule has 0 radical (unpaired) electrons. The molecule has 1 N–H and O–H groups in total. The quantitative estimate of drug-likeness (QED) is 0.922. The average molecular weight is 313 g/mol. The van der Waals surface area contributed by atoms with Crippen molar-refractivity contribution in [1.82, 2.24) is 20.2 Å². The summed E-state index contributed by atoms with van der Waals surface area (Å²) in [7, 11) is 0. The molecular formula is C12H14ClFN6O. The summed E-state index contributed by atoms with van der Waals surface area (Å²) >= 11 is 5.73. The van der Waals surface area contributed by atoms with E-state index in [1.165, 1.54) is 12.4 Å². The van der Waals surface area contributed by atoms with Crippen LogP contribution in [0.2, 0.25) is 5.02 Å². The zero-order chi connectivity index (χ0) is 14.8. The van der Waals surface area contributed by atoms with Crippen molar-refractivity contribution < 1.29 is 8.81 Å². The SMILES string of the molecule is Cc1nnc(N2C[C@@H](F)C[C@H]2CNc2ncc(Cl)cn2)o1. The lowest BCUT2D eigenvalue weighted by Crippen LogP contribution is -2.35. The first-order valence-electron chi connectivity index (χ1n) is 6.54. The molecule has 1 aliphatic rings. The minimum Gasteiger partial charge on any atom is -0.408 e. The smallest absolute Gasteiger partial charge is 0.318 e. The summed E-state index contributed by atoms with van der Waals surface area (Å²) in [6.45, 7) is 2.42. The van der Waals surface area contributed by atoms with Crippen LogP contribution < -0.4 is 10.2 Å². The van der Waals surface area contributed by atoms with Crippen molar-refractivity contribution in [2.45, 2.75) is 25.6 Å². The van der Waals surface area contributed by atoms with E-state index in [0.29, 0.717) is 35.8 Å². The number of halogens is 2. The molecule has 1 fully saturated rings. The van der Waals surface area contributed by atoms with E-state index in [-0.39, 0.29) is 12.6 Å². The normalized spacial score (nSPS) is 21.8. The molecule has 0 bridgehead atoms. The zero-order valence-electron chi connectivity index (χ0n) is 11.3. The summed E-state index contributed by atoms with van der Waals surface area (Å²) in [5.74, 6) is 0.906. The third kappa shape index (κ3) is 3.21. The monoisotopic (exact) mass is 312 g/mol. The van der Waals surface area contributed by atoms with Crippen LogP contribution >= 0.6 is 11.6 Å². The number of hydrogen-bond acceptors (Lipinski definition) is 7. The molecule has 2 aromatic rings. The predicted molar refractivity (Wildman–Crippen MR) is 75.2 cm³/mol. The molecule has 0 unspecified atom stereocenters. The van der Waals surface area contributed by atoms with Crippen LogP contribution in [-0.2, 0) is 0 Å². The third-order valence-electron chi connectivity index (χ3n) is 3.24. The van der Waals surface area contributed by atoms with E-state index >= 15 is 0 Å². The summed E-state index contributed by atoms with van der Waals surface area (Å²) in [5.41, 5.74) is 0. The van der Waals surface area contributed by atoms with Crippen LogP contribution in [-0.4, -0.2) is 45.5 Å². The molecule has 0 aromatic carbocycles. The molecule has 9 heteroatoms. The van der Waals surface area contributed by atoms with Gasteiger partial charge in [0.15, 0.2) is 0 Å².